The number of methoxy groups -OCH3 is 1. The van der Waals surface area contributed by atoms with Crippen molar-refractivity contribution >= 4 is 16.3 Å². The number of ether oxygens (including phenoxy) is 1. The van der Waals surface area contributed by atoms with Crippen LogP contribution in [0, 0.1) is 11.3 Å². The molecule has 0 saturated carbocycles. The van der Waals surface area contributed by atoms with Crippen LogP contribution in [0.3, 0.4) is 0 Å². The van der Waals surface area contributed by atoms with Gasteiger partial charge in [-0.25, -0.2) is 0 Å². The molecule has 0 saturated heterocycles. The van der Waals surface area contributed by atoms with Crippen LogP contribution in [0.25, 0.3) is 0 Å². The molecular weight excluding hydrogens is 244 g/mol. The van der Waals surface area contributed by atoms with Crippen molar-refractivity contribution in [1.82, 2.24) is 0 Å². The summed E-state index contributed by atoms with van der Waals surface area (Å²) < 4.78 is 5.31. The number of thiophene rings is 1. The maximum Gasteiger partial charge on any atom is 0.122 e. The zero-order valence-electron chi connectivity index (χ0n) is 10.1. The fourth-order valence-corrected chi connectivity index (χ4v) is 2.71. The van der Waals surface area contributed by atoms with E-state index in [-0.39, 0.29) is 0 Å². The first kappa shape index (κ1) is 12.5. The Labute approximate surface area is 110 Å². The molecule has 0 amide bonds. The Balaban J connectivity index is 2.09. The summed E-state index contributed by atoms with van der Waals surface area (Å²) >= 11 is 1.49. The number of aryl methyl sites for hydroxylation is 2. The minimum atomic E-state index is 0.579. The van der Waals surface area contributed by atoms with Gasteiger partial charge in [0.1, 0.15) is 16.8 Å². The zero-order chi connectivity index (χ0) is 13.0. The van der Waals surface area contributed by atoms with Crippen molar-refractivity contribution in [2.75, 3.05) is 12.8 Å². The SMILES string of the molecule is COc1ccccc1CCc1cc(C#N)c(N)s1. The lowest BCUT2D eigenvalue weighted by molar-refractivity contribution is 0.409. The van der Waals surface area contributed by atoms with E-state index >= 15 is 0 Å². The van der Waals surface area contributed by atoms with Gasteiger partial charge in [-0.2, -0.15) is 5.26 Å². The first-order valence-corrected chi connectivity index (χ1v) is 6.46. The minimum absolute atomic E-state index is 0.579. The van der Waals surface area contributed by atoms with Gasteiger partial charge < -0.3 is 10.5 Å². The predicted molar refractivity (Wildman–Crippen MR) is 73.8 cm³/mol. The molecular formula is C14H14N2OS. The Hall–Kier alpha value is -1.99. The van der Waals surface area contributed by atoms with E-state index in [0.29, 0.717) is 10.6 Å². The van der Waals surface area contributed by atoms with Crippen molar-refractivity contribution in [3.8, 4) is 11.8 Å². The van der Waals surface area contributed by atoms with E-state index in [2.05, 4.69) is 12.1 Å². The molecule has 3 nitrogen and oxygen atoms in total. The highest BCUT2D eigenvalue weighted by molar-refractivity contribution is 7.16. The molecule has 1 aromatic heterocycles. The molecule has 0 fully saturated rings. The van der Waals surface area contributed by atoms with Crippen LogP contribution in [0.2, 0.25) is 0 Å². The van der Waals surface area contributed by atoms with E-state index in [1.54, 1.807) is 7.11 Å². The maximum atomic E-state index is 8.86. The van der Waals surface area contributed by atoms with Gasteiger partial charge in [-0.15, -0.1) is 11.3 Å². The molecule has 0 bridgehead atoms. The van der Waals surface area contributed by atoms with E-state index in [0.717, 1.165) is 23.5 Å². The Morgan fingerprint density at radius 2 is 2.11 bits per heavy atom. The van der Waals surface area contributed by atoms with Crippen LogP contribution in [0.15, 0.2) is 30.3 Å². The second-order valence-corrected chi connectivity index (χ2v) is 5.08. The van der Waals surface area contributed by atoms with E-state index in [9.17, 15) is 0 Å². The van der Waals surface area contributed by atoms with E-state index in [1.807, 2.05) is 24.3 Å². The molecule has 0 spiro atoms. The summed E-state index contributed by atoms with van der Waals surface area (Å²) in [6.45, 7) is 0. The number of nitrogens with zero attached hydrogens (tertiary/aromatic N) is 1. The Morgan fingerprint density at radius 3 is 2.78 bits per heavy atom. The molecule has 0 radical (unpaired) electrons. The highest BCUT2D eigenvalue weighted by Crippen LogP contribution is 2.26. The highest BCUT2D eigenvalue weighted by atomic mass is 32.1. The monoisotopic (exact) mass is 258 g/mol. The third-order valence-corrected chi connectivity index (χ3v) is 3.79. The average Bonchev–Trinajstić information content (AvgIpc) is 2.77. The summed E-state index contributed by atoms with van der Waals surface area (Å²) in [6.07, 6.45) is 1.76. The van der Waals surface area contributed by atoms with Gasteiger partial charge in [0.05, 0.1) is 12.7 Å². The maximum absolute atomic E-state index is 8.86. The van der Waals surface area contributed by atoms with Crippen molar-refractivity contribution in [2.24, 2.45) is 0 Å². The molecule has 1 heterocycles. The van der Waals surface area contributed by atoms with Crippen molar-refractivity contribution < 1.29 is 4.74 Å². The molecule has 18 heavy (non-hydrogen) atoms. The van der Waals surface area contributed by atoms with Crippen LogP contribution in [0.1, 0.15) is 16.0 Å². The molecule has 0 atom stereocenters. The number of benzene rings is 1. The van der Waals surface area contributed by atoms with Gasteiger partial charge in [0.25, 0.3) is 0 Å². The van der Waals surface area contributed by atoms with Crippen LogP contribution in [-0.4, -0.2) is 7.11 Å². The van der Waals surface area contributed by atoms with Crippen LogP contribution < -0.4 is 10.5 Å². The van der Waals surface area contributed by atoms with Gasteiger partial charge in [-0.3, -0.25) is 0 Å². The summed E-state index contributed by atoms with van der Waals surface area (Å²) in [5.74, 6) is 0.905. The molecule has 2 N–H and O–H groups in total. The fraction of sp³-hybridized carbons (Fsp3) is 0.214. The van der Waals surface area contributed by atoms with Gasteiger partial charge in [0, 0.05) is 4.88 Å². The molecule has 0 aliphatic carbocycles. The molecule has 0 aliphatic rings. The van der Waals surface area contributed by atoms with Gasteiger partial charge in [0.15, 0.2) is 0 Å². The van der Waals surface area contributed by atoms with Crippen molar-refractivity contribution in [2.45, 2.75) is 12.8 Å². The summed E-state index contributed by atoms with van der Waals surface area (Å²) in [4.78, 5) is 1.13. The summed E-state index contributed by atoms with van der Waals surface area (Å²) in [5, 5.41) is 9.46. The number of hydrogen-bond acceptors (Lipinski definition) is 4. The highest BCUT2D eigenvalue weighted by Gasteiger charge is 2.07. The third-order valence-electron chi connectivity index (χ3n) is 2.77. The first-order chi connectivity index (χ1) is 8.74. The zero-order valence-corrected chi connectivity index (χ0v) is 11.0. The standard InChI is InChI=1S/C14H14N2OS/c1-17-13-5-3-2-4-10(13)6-7-12-8-11(9-15)14(16)18-12/h2-5,8H,6-7,16H2,1H3. The Bertz CT molecular complexity index is 584. The normalized spacial score (nSPS) is 10.0. The predicted octanol–water partition coefficient (Wildman–Crippen LogP) is 3.00. The van der Waals surface area contributed by atoms with E-state index in [4.69, 9.17) is 15.7 Å². The molecule has 2 aromatic rings. The molecule has 92 valence electrons. The largest absolute Gasteiger partial charge is 0.496 e. The lowest BCUT2D eigenvalue weighted by atomic mass is 10.1. The van der Waals surface area contributed by atoms with Crippen molar-refractivity contribution in [1.29, 1.82) is 5.26 Å². The number of nitriles is 1. The number of para-hydroxylation sites is 1. The van der Waals surface area contributed by atoms with E-state index in [1.165, 1.54) is 16.9 Å². The lowest BCUT2D eigenvalue weighted by Crippen LogP contribution is -1.93. The number of rotatable bonds is 4. The second kappa shape index (κ2) is 5.56. The lowest BCUT2D eigenvalue weighted by Gasteiger charge is -2.06. The molecule has 0 aliphatic heterocycles. The molecule has 4 heteroatoms. The van der Waals surface area contributed by atoms with Crippen LogP contribution in [-0.2, 0) is 12.8 Å². The van der Waals surface area contributed by atoms with Crippen molar-refractivity contribution in [3.63, 3.8) is 0 Å². The summed E-state index contributed by atoms with van der Waals surface area (Å²) in [5.41, 5.74) is 7.50. The Morgan fingerprint density at radius 1 is 1.33 bits per heavy atom. The number of nitrogens with two attached hydrogens (primary N) is 1. The molecule has 2 rings (SSSR count). The smallest absolute Gasteiger partial charge is 0.122 e. The summed E-state index contributed by atoms with van der Waals surface area (Å²) in [6, 6.07) is 11.9. The average molecular weight is 258 g/mol. The first-order valence-electron chi connectivity index (χ1n) is 5.64. The Kier molecular flexibility index (Phi) is 3.85. The molecule has 1 aromatic carbocycles. The topological polar surface area (TPSA) is 59.0 Å². The fourth-order valence-electron chi connectivity index (χ4n) is 1.84. The number of hydrogen-bond donors (Lipinski definition) is 1. The van der Waals surface area contributed by atoms with E-state index < -0.39 is 0 Å². The third kappa shape index (κ3) is 2.63. The van der Waals surface area contributed by atoms with Gasteiger partial charge in [-0.05, 0) is 30.5 Å². The molecule has 0 unspecified atom stereocenters. The van der Waals surface area contributed by atoms with Gasteiger partial charge in [0.2, 0.25) is 0 Å². The van der Waals surface area contributed by atoms with Crippen LogP contribution in [0.5, 0.6) is 5.75 Å². The van der Waals surface area contributed by atoms with Crippen LogP contribution >= 0.6 is 11.3 Å². The van der Waals surface area contributed by atoms with Crippen molar-refractivity contribution in [3.05, 3.63) is 46.3 Å². The quantitative estimate of drug-likeness (QED) is 0.917. The summed E-state index contributed by atoms with van der Waals surface area (Å²) in [7, 11) is 1.68. The van der Waals surface area contributed by atoms with Gasteiger partial charge in [-0.1, -0.05) is 18.2 Å². The van der Waals surface area contributed by atoms with Gasteiger partial charge >= 0.3 is 0 Å². The second-order valence-electron chi connectivity index (χ2n) is 3.91. The van der Waals surface area contributed by atoms with Crippen LogP contribution in [0.4, 0.5) is 5.00 Å². The number of anilines is 1. The minimum Gasteiger partial charge on any atom is -0.496 e. The number of nitrogen functional groups attached to an aromatic ring is 1.